The summed E-state index contributed by atoms with van der Waals surface area (Å²) in [6, 6.07) is 7.98. The van der Waals surface area contributed by atoms with Crippen LogP contribution in [0.3, 0.4) is 0 Å². The molecule has 0 aromatic heterocycles. The van der Waals surface area contributed by atoms with Gasteiger partial charge in [0.2, 0.25) is 5.82 Å². The summed E-state index contributed by atoms with van der Waals surface area (Å²) in [6.45, 7) is 5.12. The van der Waals surface area contributed by atoms with E-state index < -0.39 is 60.2 Å². The van der Waals surface area contributed by atoms with Crippen molar-refractivity contribution in [3.63, 3.8) is 0 Å². The zero-order valence-corrected chi connectivity index (χ0v) is 20.1. The van der Waals surface area contributed by atoms with Gasteiger partial charge in [-0.25, -0.2) is 4.39 Å². The first-order chi connectivity index (χ1) is 15.6. The summed E-state index contributed by atoms with van der Waals surface area (Å²) < 4.78 is 92.9. The number of ether oxygens (including phenoxy) is 2. The zero-order chi connectivity index (χ0) is 25.6. The first-order valence-electron chi connectivity index (χ1n) is 10.3. The second-order valence-electron chi connectivity index (χ2n) is 8.83. The van der Waals surface area contributed by atoms with Gasteiger partial charge in [0.25, 0.3) is 5.91 Å². The third kappa shape index (κ3) is 4.58. The number of methoxy groups -OCH3 is 1. The molecule has 5 nitrogen and oxygen atoms in total. The molecule has 11 heteroatoms. The highest BCUT2D eigenvalue weighted by atomic mass is 31.2. The number of anilines is 1. The molecule has 1 aliphatic rings. The average molecular weight is 505 g/mol. The lowest BCUT2D eigenvalue weighted by Gasteiger charge is -2.32. The highest BCUT2D eigenvalue weighted by Crippen LogP contribution is 2.55. The van der Waals surface area contributed by atoms with E-state index in [1.165, 1.54) is 32.4 Å². The van der Waals surface area contributed by atoms with Gasteiger partial charge >= 0.3 is 6.18 Å². The molecule has 3 rings (SSSR count). The van der Waals surface area contributed by atoms with Gasteiger partial charge in [-0.1, -0.05) is 25.1 Å². The van der Waals surface area contributed by atoms with Gasteiger partial charge in [0.05, 0.1) is 7.11 Å². The van der Waals surface area contributed by atoms with Crippen LogP contribution in [0.2, 0.25) is 0 Å². The van der Waals surface area contributed by atoms with Crippen LogP contribution in [0.4, 0.5) is 27.6 Å². The van der Waals surface area contributed by atoms with E-state index in [-0.39, 0.29) is 11.3 Å². The molecule has 0 bridgehead atoms. The molecule has 0 unspecified atom stereocenters. The third-order valence-electron chi connectivity index (χ3n) is 6.31. The smallest absolute Gasteiger partial charge is 0.417 e. The van der Waals surface area contributed by atoms with Gasteiger partial charge in [-0.15, -0.1) is 0 Å². The van der Waals surface area contributed by atoms with Gasteiger partial charge in [0.1, 0.15) is 13.2 Å². The first kappa shape index (κ1) is 26.2. The minimum absolute atomic E-state index is 0.123. The Kier molecular flexibility index (Phi) is 6.90. The highest BCUT2D eigenvalue weighted by molar-refractivity contribution is 7.70. The molecule has 0 radical (unpaired) electrons. The molecular weight excluding hydrogens is 480 g/mol. The van der Waals surface area contributed by atoms with E-state index in [1.807, 2.05) is 0 Å². The van der Waals surface area contributed by atoms with Crippen LogP contribution in [-0.4, -0.2) is 44.2 Å². The Morgan fingerprint density at radius 1 is 1.18 bits per heavy atom. The van der Waals surface area contributed by atoms with E-state index in [0.29, 0.717) is 5.30 Å². The SMILES string of the molecule is COc1c([C@H]2[C@H](C(=O)Nc3cccc(P(C)(C)=O)c3)O[C@@](C)(C(F)(F)F)[C@H]2C)ccc(F)c1F. The van der Waals surface area contributed by atoms with Gasteiger partial charge in [0.15, 0.2) is 17.2 Å². The molecule has 186 valence electrons. The van der Waals surface area contributed by atoms with Crippen molar-refractivity contribution in [3.8, 4) is 5.75 Å². The number of hydrogen-bond acceptors (Lipinski definition) is 4. The van der Waals surface area contributed by atoms with Crippen LogP contribution in [0.15, 0.2) is 36.4 Å². The summed E-state index contributed by atoms with van der Waals surface area (Å²) in [6.07, 6.45) is -6.57. The Hall–Kier alpha value is -2.45. The van der Waals surface area contributed by atoms with Crippen molar-refractivity contribution < 1.29 is 40.8 Å². The number of halogens is 5. The number of amides is 1. The maximum Gasteiger partial charge on any atom is 0.417 e. The lowest BCUT2D eigenvalue weighted by molar-refractivity contribution is -0.272. The number of rotatable bonds is 5. The minimum atomic E-state index is -4.86. The second kappa shape index (κ2) is 8.96. The van der Waals surface area contributed by atoms with Crippen LogP contribution in [-0.2, 0) is 14.1 Å². The molecule has 0 aliphatic carbocycles. The Morgan fingerprint density at radius 2 is 1.82 bits per heavy atom. The Balaban J connectivity index is 2.08. The van der Waals surface area contributed by atoms with Crippen LogP contribution in [0.5, 0.6) is 5.75 Å². The van der Waals surface area contributed by atoms with Crippen molar-refractivity contribution in [1.29, 1.82) is 0 Å². The first-order valence-corrected chi connectivity index (χ1v) is 12.9. The minimum Gasteiger partial charge on any atom is -0.493 e. The molecule has 4 atom stereocenters. The molecule has 34 heavy (non-hydrogen) atoms. The number of benzene rings is 2. The van der Waals surface area contributed by atoms with Crippen LogP contribution in [0.1, 0.15) is 25.3 Å². The molecule has 1 heterocycles. The van der Waals surface area contributed by atoms with Gasteiger partial charge in [-0.05, 0) is 38.5 Å². The molecule has 0 saturated carbocycles. The standard InChI is InChI=1S/C23H25F5NO4P/c1-12-17(15-9-10-16(24)18(25)19(15)32-3)20(33-22(12,2)23(26,27)28)21(30)29-13-7-6-8-14(11-13)34(4,5)31/h6-12,17,20H,1-5H3,(H,29,30)/t12-,17-,20+,22+/m0/s1. The second-order valence-corrected chi connectivity index (χ2v) is 12.1. The summed E-state index contributed by atoms with van der Waals surface area (Å²) in [5, 5.41) is 2.97. The molecule has 2 aromatic rings. The summed E-state index contributed by atoms with van der Waals surface area (Å²) in [5.74, 6) is -6.81. The van der Waals surface area contributed by atoms with Crippen molar-refractivity contribution >= 4 is 24.0 Å². The Bertz CT molecular complexity index is 1150. The number of carbonyl (C=O) groups is 1. The van der Waals surface area contributed by atoms with E-state index in [9.17, 15) is 31.3 Å². The fourth-order valence-corrected chi connectivity index (χ4v) is 5.07. The molecule has 1 fully saturated rings. The van der Waals surface area contributed by atoms with Crippen molar-refractivity contribution in [2.24, 2.45) is 5.92 Å². The fourth-order valence-electron chi connectivity index (χ4n) is 4.17. The number of nitrogens with one attached hydrogen (secondary N) is 1. The van der Waals surface area contributed by atoms with E-state index >= 15 is 0 Å². The quantitative estimate of drug-likeness (QED) is 0.443. The zero-order valence-electron chi connectivity index (χ0n) is 19.2. The largest absolute Gasteiger partial charge is 0.493 e. The van der Waals surface area contributed by atoms with E-state index in [1.54, 1.807) is 12.1 Å². The van der Waals surface area contributed by atoms with Gasteiger partial charge in [-0.3, -0.25) is 4.79 Å². The van der Waals surface area contributed by atoms with Crippen LogP contribution >= 0.6 is 7.14 Å². The predicted octanol–water partition coefficient (Wildman–Crippen LogP) is 5.30. The van der Waals surface area contributed by atoms with E-state index in [4.69, 9.17) is 9.47 Å². The summed E-state index contributed by atoms with van der Waals surface area (Å²) in [7, 11) is -1.62. The van der Waals surface area contributed by atoms with Crippen LogP contribution < -0.4 is 15.4 Å². The number of carbonyl (C=O) groups excluding carboxylic acids is 1. The van der Waals surface area contributed by atoms with Gasteiger partial charge < -0.3 is 19.4 Å². The molecular formula is C23H25F5NO4P. The number of alkyl halides is 3. The van der Waals surface area contributed by atoms with Crippen molar-refractivity contribution in [2.45, 2.75) is 37.6 Å². The van der Waals surface area contributed by atoms with E-state index in [2.05, 4.69) is 5.32 Å². The summed E-state index contributed by atoms with van der Waals surface area (Å²) in [5.41, 5.74) is -2.67. The van der Waals surface area contributed by atoms with Crippen molar-refractivity contribution in [1.82, 2.24) is 0 Å². The average Bonchev–Trinajstić information content (AvgIpc) is 3.01. The fraction of sp³-hybridized carbons (Fsp3) is 0.435. The maximum atomic E-state index is 14.4. The maximum absolute atomic E-state index is 14.4. The van der Waals surface area contributed by atoms with Gasteiger partial charge in [0, 0.05) is 28.4 Å². The Morgan fingerprint density at radius 3 is 2.38 bits per heavy atom. The summed E-state index contributed by atoms with van der Waals surface area (Å²) in [4.78, 5) is 13.2. The predicted molar refractivity (Wildman–Crippen MR) is 118 cm³/mol. The third-order valence-corrected chi connectivity index (χ3v) is 7.83. The highest BCUT2D eigenvalue weighted by Gasteiger charge is 2.65. The molecule has 2 aromatic carbocycles. The van der Waals surface area contributed by atoms with Gasteiger partial charge in [-0.2, -0.15) is 17.6 Å². The molecule has 1 aliphatic heterocycles. The summed E-state index contributed by atoms with van der Waals surface area (Å²) >= 11 is 0. The van der Waals surface area contributed by atoms with Crippen LogP contribution in [0, 0.1) is 17.6 Å². The van der Waals surface area contributed by atoms with Crippen LogP contribution in [0.25, 0.3) is 0 Å². The monoisotopic (exact) mass is 505 g/mol. The number of hydrogen-bond donors (Lipinski definition) is 1. The van der Waals surface area contributed by atoms with Crippen molar-refractivity contribution in [3.05, 3.63) is 53.6 Å². The lowest BCUT2D eigenvalue weighted by Crippen LogP contribution is -2.47. The lowest BCUT2D eigenvalue weighted by atomic mass is 9.77. The molecule has 1 amide bonds. The Labute approximate surface area is 194 Å². The van der Waals surface area contributed by atoms with Crippen molar-refractivity contribution in [2.75, 3.05) is 25.8 Å². The normalized spacial score (nSPS) is 25.3. The topological polar surface area (TPSA) is 64.6 Å². The molecule has 1 saturated heterocycles. The molecule has 1 N–H and O–H groups in total. The molecule has 0 spiro atoms. The van der Waals surface area contributed by atoms with E-state index in [0.717, 1.165) is 26.2 Å².